The van der Waals surface area contributed by atoms with E-state index in [0.29, 0.717) is 6.04 Å². The fourth-order valence-electron chi connectivity index (χ4n) is 2.86. The molecule has 2 fully saturated rings. The van der Waals surface area contributed by atoms with Crippen molar-refractivity contribution in [3.05, 3.63) is 0 Å². The molecule has 2 rings (SSSR count). The summed E-state index contributed by atoms with van der Waals surface area (Å²) in [4.78, 5) is 0. The lowest BCUT2D eigenvalue weighted by molar-refractivity contribution is 0.177. The van der Waals surface area contributed by atoms with Gasteiger partial charge in [-0.2, -0.15) is 0 Å². The fraction of sp³-hybridized carbons (Fsp3) is 1.00. The van der Waals surface area contributed by atoms with Gasteiger partial charge in [0.2, 0.25) is 0 Å². The highest BCUT2D eigenvalue weighted by Gasteiger charge is 2.22. The first-order valence-corrected chi connectivity index (χ1v) is 6.67. The fourth-order valence-corrected chi connectivity index (χ4v) is 2.86. The third kappa shape index (κ3) is 3.46. The highest BCUT2D eigenvalue weighted by atomic mass is 16.5. The van der Waals surface area contributed by atoms with E-state index >= 15 is 0 Å². The quantitative estimate of drug-likeness (QED) is 0.771. The molecule has 0 aromatic heterocycles. The number of hydrogen-bond acceptors (Lipinski definition) is 2. The summed E-state index contributed by atoms with van der Waals surface area (Å²) in [5, 5.41) is 3.71. The average molecular weight is 211 g/mol. The maximum absolute atomic E-state index is 5.43. The predicted molar refractivity (Wildman–Crippen MR) is 63.0 cm³/mol. The van der Waals surface area contributed by atoms with Crippen LogP contribution in [0.4, 0.5) is 0 Å². The molecule has 0 radical (unpaired) electrons. The van der Waals surface area contributed by atoms with Crippen LogP contribution in [-0.2, 0) is 4.74 Å². The maximum atomic E-state index is 5.43. The van der Waals surface area contributed by atoms with Gasteiger partial charge < -0.3 is 10.1 Å². The van der Waals surface area contributed by atoms with E-state index in [0.717, 1.165) is 25.0 Å². The summed E-state index contributed by atoms with van der Waals surface area (Å²) < 4.78 is 5.43. The van der Waals surface area contributed by atoms with Crippen LogP contribution in [0.2, 0.25) is 0 Å². The summed E-state index contributed by atoms with van der Waals surface area (Å²) in [5.41, 5.74) is 0. The van der Waals surface area contributed by atoms with Gasteiger partial charge in [-0.15, -0.1) is 0 Å². The topological polar surface area (TPSA) is 21.3 Å². The number of nitrogens with one attached hydrogen (secondary N) is 1. The molecular formula is C13H25NO. The van der Waals surface area contributed by atoms with Crippen molar-refractivity contribution in [2.75, 3.05) is 19.8 Å². The second-order valence-corrected chi connectivity index (χ2v) is 5.32. The summed E-state index contributed by atoms with van der Waals surface area (Å²) in [6.45, 7) is 5.50. The van der Waals surface area contributed by atoms with Gasteiger partial charge in [0.1, 0.15) is 0 Å². The van der Waals surface area contributed by atoms with Gasteiger partial charge >= 0.3 is 0 Å². The second kappa shape index (κ2) is 5.86. The Morgan fingerprint density at radius 1 is 1.20 bits per heavy atom. The molecule has 1 aliphatic carbocycles. The van der Waals surface area contributed by atoms with Gasteiger partial charge in [-0.1, -0.05) is 19.3 Å². The lowest BCUT2D eigenvalue weighted by Crippen LogP contribution is -2.37. The van der Waals surface area contributed by atoms with Crippen molar-refractivity contribution in [1.29, 1.82) is 0 Å². The van der Waals surface area contributed by atoms with Crippen LogP contribution in [0.25, 0.3) is 0 Å². The highest BCUT2D eigenvalue weighted by molar-refractivity contribution is 4.77. The minimum absolute atomic E-state index is 0.648. The zero-order valence-electron chi connectivity index (χ0n) is 10.0. The van der Waals surface area contributed by atoms with Gasteiger partial charge in [0.15, 0.2) is 0 Å². The smallest absolute Gasteiger partial charge is 0.0509 e. The lowest BCUT2D eigenvalue weighted by Gasteiger charge is -2.26. The van der Waals surface area contributed by atoms with E-state index in [4.69, 9.17) is 4.74 Å². The molecular weight excluding hydrogens is 186 g/mol. The third-order valence-corrected chi connectivity index (χ3v) is 4.13. The van der Waals surface area contributed by atoms with Crippen molar-refractivity contribution in [3.63, 3.8) is 0 Å². The van der Waals surface area contributed by atoms with Gasteiger partial charge in [-0.05, 0) is 44.6 Å². The van der Waals surface area contributed by atoms with Gasteiger partial charge in [-0.3, -0.25) is 0 Å². The van der Waals surface area contributed by atoms with Crippen molar-refractivity contribution in [3.8, 4) is 0 Å². The van der Waals surface area contributed by atoms with Crippen LogP contribution in [0.5, 0.6) is 0 Å². The molecule has 1 heterocycles. The summed E-state index contributed by atoms with van der Waals surface area (Å²) in [7, 11) is 0. The second-order valence-electron chi connectivity index (χ2n) is 5.32. The molecule has 0 spiro atoms. The number of hydrogen-bond donors (Lipinski definition) is 1. The van der Waals surface area contributed by atoms with Crippen LogP contribution in [0.1, 0.15) is 45.4 Å². The zero-order valence-corrected chi connectivity index (χ0v) is 10.0. The van der Waals surface area contributed by atoms with Crippen LogP contribution in [0.15, 0.2) is 0 Å². The van der Waals surface area contributed by atoms with Gasteiger partial charge in [0, 0.05) is 12.6 Å². The van der Waals surface area contributed by atoms with E-state index in [1.54, 1.807) is 0 Å². The number of rotatable bonds is 4. The van der Waals surface area contributed by atoms with Crippen molar-refractivity contribution in [2.45, 2.75) is 51.5 Å². The molecule has 0 aromatic carbocycles. The number of ether oxygens (including phenoxy) is 1. The standard InChI is InChI=1S/C13H25NO/c1-11(13-7-8-15-10-13)14-9-12-5-3-2-4-6-12/h11-14H,2-10H2,1H3. The molecule has 15 heavy (non-hydrogen) atoms. The summed E-state index contributed by atoms with van der Waals surface area (Å²) in [6, 6.07) is 0.648. The first kappa shape index (κ1) is 11.4. The van der Waals surface area contributed by atoms with Crippen LogP contribution in [0, 0.1) is 11.8 Å². The zero-order chi connectivity index (χ0) is 10.5. The van der Waals surface area contributed by atoms with Gasteiger partial charge in [0.25, 0.3) is 0 Å². The van der Waals surface area contributed by atoms with Gasteiger partial charge in [-0.25, -0.2) is 0 Å². The van der Waals surface area contributed by atoms with E-state index in [-0.39, 0.29) is 0 Å². The SMILES string of the molecule is CC(NCC1CCCCC1)C1CCOC1. The Balaban J connectivity index is 1.63. The largest absolute Gasteiger partial charge is 0.381 e. The monoisotopic (exact) mass is 211 g/mol. The van der Waals surface area contributed by atoms with E-state index in [2.05, 4.69) is 12.2 Å². The Morgan fingerprint density at radius 3 is 2.67 bits per heavy atom. The van der Waals surface area contributed by atoms with Crippen molar-refractivity contribution in [1.82, 2.24) is 5.32 Å². The summed E-state index contributed by atoms with van der Waals surface area (Å²) >= 11 is 0. The normalized spacial score (nSPS) is 30.6. The Morgan fingerprint density at radius 2 is 2.00 bits per heavy atom. The molecule has 0 aromatic rings. The minimum Gasteiger partial charge on any atom is -0.381 e. The van der Waals surface area contributed by atoms with Crippen LogP contribution < -0.4 is 5.32 Å². The van der Waals surface area contributed by atoms with E-state index in [9.17, 15) is 0 Å². The molecule has 1 aliphatic heterocycles. The third-order valence-electron chi connectivity index (χ3n) is 4.13. The Bertz CT molecular complexity index is 171. The Hall–Kier alpha value is -0.0800. The molecule has 88 valence electrons. The maximum Gasteiger partial charge on any atom is 0.0509 e. The predicted octanol–water partition coefficient (Wildman–Crippen LogP) is 2.58. The Kier molecular flexibility index (Phi) is 4.45. The molecule has 2 nitrogen and oxygen atoms in total. The van der Waals surface area contributed by atoms with E-state index < -0.39 is 0 Å². The molecule has 0 amide bonds. The molecule has 2 unspecified atom stereocenters. The van der Waals surface area contributed by atoms with Crippen molar-refractivity contribution >= 4 is 0 Å². The summed E-state index contributed by atoms with van der Waals surface area (Å²) in [6.07, 6.45) is 8.50. The first-order chi connectivity index (χ1) is 7.36. The lowest BCUT2D eigenvalue weighted by atomic mass is 9.89. The molecule has 2 heteroatoms. The molecule has 2 aliphatic rings. The van der Waals surface area contributed by atoms with Crippen LogP contribution >= 0.6 is 0 Å². The van der Waals surface area contributed by atoms with Crippen molar-refractivity contribution in [2.24, 2.45) is 11.8 Å². The van der Waals surface area contributed by atoms with Gasteiger partial charge in [0.05, 0.1) is 6.61 Å². The molecule has 1 saturated heterocycles. The molecule has 1 saturated carbocycles. The molecule has 1 N–H and O–H groups in total. The summed E-state index contributed by atoms with van der Waals surface area (Å²) in [5.74, 6) is 1.71. The van der Waals surface area contributed by atoms with E-state index in [1.807, 2.05) is 0 Å². The van der Waals surface area contributed by atoms with E-state index in [1.165, 1.54) is 45.1 Å². The average Bonchev–Trinajstić information content (AvgIpc) is 2.81. The first-order valence-electron chi connectivity index (χ1n) is 6.67. The van der Waals surface area contributed by atoms with Crippen molar-refractivity contribution < 1.29 is 4.74 Å². The van der Waals surface area contributed by atoms with Crippen LogP contribution in [0.3, 0.4) is 0 Å². The minimum atomic E-state index is 0.648. The molecule has 0 bridgehead atoms. The highest BCUT2D eigenvalue weighted by Crippen LogP contribution is 2.23. The molecule has 2 atom stereocenters. The Labute approximate surface area is 93.8 Å². The van der Waals surface area contributed by atoms with Crippen LogP contribution in [-0.4, -0.2) is 25.8 Å².